The van der Waals surface area contributed by atoms with Gasteiger partial charge in [0.1, 0.15) is 23.0 Å². The molecule has 242 valence electrons. The molecule has 4 amide bonds. The molecule has 6 atom stereocenters. The molecule has 10 heteroatoms. The zero-order valence-electron chi connectivity index (χ0n) is 25.9. The number of amides is 4. The van der Waals surface area contributed by atoms with Crippen molar-refractivity contribution < 1.29 is 39.2 Å². The second kappa shape index (κ2) is 11.9. The number of hydrogen-bond acceptors (Lipinski definition) is 8. The smallest absolute Gasteiger partial charge is 0.234 e. The lowest BCUT2D eigenvalue weighted by atomic mass is 9.57. The maximum atomic E-state index is 14.2. The van der Waals surface area contributed by atoms with Crippen molar-refractivity contribution >= 4 is 23.6 Å². The molecule has 2 aliphatic heterocycles. The third-order valence-corrected chi connectivity index (χ3v) is 10.5. The summed E-state index contributed by atoms with van der Waals surface area (Å²) in [4.78, 5) is 58.7. The van der Waals surface area contributed by atoms with Crippen LogP contribution in [-0.4, -0.2) is 68.9 Å². The average Bonchev–Trinajstić information content (AvgIpc) is 3.46. The number of nitrogens with zero attached hydrogens (tertiary/aromatic N) is 2. The molecule has 3 aromatic carbocycles. The van der Waals surface area contributed by atoms with Crippen LogP contribution in [0.4, 0.5) is 0 Å². The number of carbonyl (C=O) groups excluding carboxylic acids is 4. The third-order valence-electron chi connectivity index (χ3n) is 10.5. The highest BCUT2D eigenvalue weighted by Crippen LogP contribution is 2.59. The van der Waals surface area contributed by atoms with Crippen LogP contribution in [0.5, 0.6) is 23.0 Å². The summed E-state index contributed by atoms with van der Waals surface area (Å²) in [5.74, 6) is -4.04. The van der Waals surface area contributed by atoms with Gasteiger partial charge in [0, 0.05) is 30.6 Å². The van der Waals surface area contributed by atoms with E-state index in [1.54, 1.807) is 54.6 Å². The molecule has 6 unspecified atom stereocenters. The highest BCUT2D eigenvalue weighted by atomic mass is 16.5. The number of imide groups is 2. The zero-order valence-corrected chi connectivity index (χ0v) is 25.9. The highest BCUT2D eigenvalue weighted by molar-refractivity contribution is 6.08. The minimum absolute atomic E-state index is 0.00242. The van der Waals surface area contributed by atoms with E-state index in [-0.39, 0.29) is 60.4 Å². The molecule has 0 aromatic heterocycles. The van der Waals surface area contributed by atoms with Crippen molar-refractivity contribution in [3.05, 3.63) is 95.1 Å². The number of phenolic OH excluding ortho intramolecular Hbond substituents is 3. The first-order valence-corrected chi connectivity index (χ1v) is 16.0. The van der Waals surface area contributed by atoms with E-state index in [1.807, 2.05) is 6.08 Å². The van der Waals surface area contributed by atoms with E-state index in [4.69, 9.17) is 4.74 Å². The van der Waals surface area contributed by atoms with Gasteiger partial charge in [0.25, 0.3) is 0 Å². The predicted octanol–water partition coefficient (Wildman–Crippen LogP) is 3.93. The SMILES string of the molecule is COc1cc(O)ccc1C1C2=CCC3C(=O)N(CCc4ccc(O)cc4)C(=O)C3C2CC2C(=O)N(CCc3ccc(O)cc3)C(=O)C21. The van der Waals surface area contributed by atoms with E-state index in [9.17, 15) is 34.5 Å². The van der Waals surface area contributed by atoms with Crippen molar-refractivity contribution in [3.63, 3.8) is 0 Å². The van der Waals surface area contributed by atoms with Crippen molar-refractivity contribution in [2.45, 2.75) is 31.6 Å². The van der Waals surface area contributed by atoms with E-state index < -0.39 is 35.5 Å². The third kappa shape index (κ3) is 5.21. The Morgan fingerprint density at radius 1 is 0.660 bits per heavy atom. The van der Waals surface area contributed by atoms with Crippen LogP contribution in [-0.2, 0) is 32.0 Å². The summed E-state index contributed by atoms with van der Waals surface area (Å²) in [5.41, 5.74) is 3.27. The zero-order chi connectivity index (χ0) is 33.0. The van der Waals surface area contributed by atoms with Crippen molar-refractivity contribution in [2.24, 2.45) is 29.6 Å². The number of methoxy groups -OCH3 is 1. The summed E-state index contributed by atoms with van der Waals surface area (Å²) in [7, 11) is 1.48. The van der Waals surface area contributed by atoms with Crippen molar-refractivity contribution in [2.75, 3.05) is 20.2 Å². The Bertz CT molecular complexity index is 1780. The van der Waals surface area contributed by atoms with Crippen LogP contribution in [0, 0.1) is 29.6 Å². The van der Waals surface area contributed by atoms with Gasteiger partial charge in [0.05, 0.1) is 30.8 Å². The molecule has 0 bridgehead atoms. The van der Waals surface area contributed by atoms with Gasteiger partial charge >= 0.3 is 0 Å². The number of allylic oxidation sites excluding steroid dienone is 2. The summed E-state index contributed by atoms with van der Waals surface area (Å²) in [6.45, 7) is 0.383. The fourth-order valence-corrected chi connectivity index (χ4v) is 8.27. The second-order valence-corrected chi connectivity index (χ2v) is 12.9. The maximum absolute atomic E-state index is 14.2. The number of aromatic hydroxyl groups is 3. The molecule has 10 nitrogen and oxygen atoms in total. The summed E-state index contributed by atoms with van der Waals surface area (Å²) in [6.07, 6.45) is 3.48. The Hall–Kier alpha value is -5.12. The average molecular weight is 637 g/mol. The quantitative estimate of drug-likeness (QED) is 0.249. The molecule has 7 rings (SSSR count). The van der Waals surface area contributed by atoms with Crippen LogP contribution in [0.15, 0.2) is 78.4 Å². The summed E-state index contributed by atoms with van der Waals surface area (Å²) in [6, 6.07) is 18.1. The first kappa shape index (κ1) is 30.5. The molecule has 1 saturated carbocycles. The van der Waals surface area contributed by atoms with Gasteiger partial charge in [-0.2, -0.15) is 0 Å². The molecule has 3 fully saturated rings. The first-order valence-electron chi connectivity index (χ1n) is 16.0. The minimum Gasteiger partial charge on any atom is -0.508 e. The number of ether oxygens (including phenoxy) is 1. The first-order chi connectivity index (χ1) is 22.7. The van der Waals surface area contributed by atoms with Gasteiger partial charge in [-0.25, -0.2) is 0 Å². The van der Waals surface area contributed by atoms with E-state index in [0.717, 1.165) is 16.7 Å². The van der Waals surface area contributed by atoms with Crippen LogP contribution in [0.1, 0.15) is 35.4 Å². The topological polar surface area (TPSA) is 145 Å². The van der Waals surface area contributed by atoms with Crippen LogP contribution in [0.25, 0.3) is 0 Å². The molecule has 0 spiro atoms. The predicted molar refractivity (Wildman–Crippen MR) is 169 cm³/mol. The Kier molecular flexibility index (Phi) is 7.74. The molecule has 2 aliphatic carbocycles. The van der Waals surface area contributed by atoms with Crippen molar-refractivity contribution in [1.82, 2.24) is 9.80 Å². The van der Waals surface area contributed by atoms with Gasteiger partial charge in [0.15, 0.2) is 0 Å². The number of phenols is 3. The molecular formula is C37H36N2O8. The molecule has 2 heterocycles. The minimum atomic E-state index is -0.724. The van der Waals surface area contributed by atoms with Crippen LogP contribution < -0.4 is 4.74 Å². The number of rotatable bonds is 8. The number of hydrogen-bond donors (Lipinski definition) is 3. The Morgan fingerprint density at radius 2 is 1.19 bits per heavy atom. The lowest BCUT2D eigenvalue weighted by Crippen LogP contribution is -2.43. The fraction of sp³-hybridized carbons (Fsp3) is 0.351. The normalized spacial score (nSPS) is 26.6. The largest absolute Gasteiger partial charge is 0.508 e. The van der Waals surface area contributed by atoms with Gasteiger partial charge in [-0.05, 0) is 73.1 Å². The lowest BCUT2D eigenvalue weighted by molar-refractivity contribution is -0.142. The van der Waals surface area contributed by atoms with E-state index in [2.05, 4.69) is 0 Å². The number of benzene rings is 3. The van der Waals surface area contributed by atoms with Crippen LogP contribution in [0.2, 0.25) is 0 Å². The molecular weight excluding hydrogens is 600 g/mol. The van der Waals surface area contributed by atoms with Crippen molar-refractivity contribution in [1.29, 1.82) is 0 Å². The maximum Gasteiger partial charge on any atom is 0.234 e. The van der Waals surface area contributed by atoms with Crippen LogP contribution >= 0.6 is 0 Å². The molecule has 4 aliphatic rings. The van der Waals surface area contributed by atoms with Gasteiger partial charge < -0.3 is 20.1 Å². The Balaban J connectivity index is 1.22. The van der Waals surface area contributed by atoms with E-state index in [0.29, 0.717) is 30.6 Å². The number of carbonyl (C=O) groups is 4. The Morgan fingerprint density at radius 3 is 1.77 bits per heavy atom. The second-order valence-electron chi connectivity index (χ2n) is 12.9. The summed E-state index contributed by atoms with van der Waals surface area (Å²) in [5, 5.41) is 29.5. The van der Waals surface area contributed by atoms with E-state index >= 15 is 0 Å². The molecule has 3 aromatic rings. The fourth-order valence-electron chi connectivity index (χ4n) is 8.27. The van der Waals surface area contributed by atoms with Gasteiger partial charge in [-0.15, -0.1) is 0 Å². The summed E-state index contributed by atoms with van der Waals surface area (Å²) < 4.78 is 5.67. The summed E-state index contributed by atoms with van der Waals surface area (Å²) >= 11 is 0. The van der Waals surface area contributed by atoms with Gasteiger partial charge in [-0.3, -0.25) is 29.0 Å². The standard InChI is InChI=1S/C37H36N2O8/c1-47-30-18-24(42)10-11-26(30)31-25-12-13-27-32(36(45)38(34(27)43)16-14-20-2-6-22(40)7-3-20)28(25)19-29-33(31)37(46)39(35(29)44)17-15-21-4-8-23(41)9-5-21/h2-12,18,27-29,31-33,40-42H,13-17,19H2,1H3. The number of likely N-dealkylation sites (tertiary alicyclic amines) is 2. The van der Waals surface area contributed by atoms with Gasteiger partial charge in [0.2, 0.25) is 23.6 Å². The van der Waals surface area contributed by atoms with E-state index in [1.165, 1.54) is 29.0 Å². The molecule has 2 saturated heterocycles. The molecule has 3 N–H and O–H groups in total. The lowest BCUT2D eigenvalue weighted by Gasteiger charge is -2.44. The van der Waals surface area contributed by atoms with Crippen molar-refractivity contribution in [3.8, 4) is 23.0 Å². The molecule has 47 heavy (non-hydrogen) atoms. The van der Waals surface area contributed by atoms with Gasteiger partial charge in [-0.1, -0.05) is 42.0 Å². The van der Waals surface area contributed by atoms with Crippen LogP contribution in [0.3, 0.4) is 0 Å². The molecule has 0 radical (unpaired) electrons. The highest BCUT2D eigenvalue weighted by Gasteiger charge is 2.62. The Labute approximate surface area is 271 Å². The monoisotopic (exact) mass is 636 g/mol. The number of fused-ring (bicyclic) bond motifs is 4.